The predicted molar refractivity (Wildman–Crippen MR) is 84.3 cm³/mol. The SMILES string of the molecule is NCC1CCNCC1c1ccc(N2CCNCC2)cc1. The van der Waals surface area contributed by atoms with E-state index in [9.17, 15) is 0 Å². The van der Waals surface area contributed by atoms with E-state index in [0.717, 1.165) is 45.8 Å². The van der Waals surface area contributed by atoms with Gasteiger partial charge in [-0.1, -0.05) is 12.1 Å². The van der Waals surface area contributed by atoms with Crippen LogP contribution in [0.5, 0.6) is 0 Å². The lowest BCUT2D eigenvalue weighted by Gasteiger charge is -2.33. The molecule has 2 unspecified atom stereocenters. The van der Waals surface area contributed by atoms with Crippen LogP contribution in [0, 0.1) is 5.92 Å². The van der Waals surface area contributed by atoms with Gasteiger partial charge in [0.15, 0.2) is 0 Å². The maximum Gasteiger partial charge on any atom is 0.0367 e. The van der Waals surface area contributed by atoms with E-state index in [1.165, 1.54) is 17.7 Å². The highest BCUT2D eigenvalue weighted by Crippen LogP contribution is 2.30. The van der Waals surface area contributed by atoms with Crippen LogP contribution in [0.1, 0.15) is 17.9 Å². The van der Waals surface area contributed by atoms with Gasteiger partial charge < -0.3 is 21.3 Å². The first-order chi connectivity index (χ1) is 9.88. The number of benzene rings is 1. The average molecular weight is 274 g/mol. The first kappa shape index (κ1) is 13.9. The monoisotopic (exact) mass is 274 g/mol. The van der Waals surface area contributed by atoms with Gasteiger partial charge in [-0.3, -0.25) is 0 Å². The van der Waals surface area contributed by atoms with Crippen LogP contribution in [0.25, 0.3) is 0 Å². The standard InChI is InChI=1S/C16H26N4/c17-11-14-5-6-19-12-16(14)13-1-3-15(4-2-13)20-9-7-18-8-10-20/h1-4,14,16,18-19H,5-12,17H2. The third-order valence-corrected chi connectivity index (χ3v) is 4.73. The Morgan fingerprint density at radius 2 is 1.80 bits per heavy atom. The van der Waals surface area contributed by atoms with Gasteiger partial charge >= 0.3 is 0 Å². The number of piperidine rings is 1. The van der Waals surface area contributed by atoms with Crippen molar-refractivity contribution in [1.82, 2.24) is 10.6 Å². The van der Waals surface area contributed by atoms with Crippen LogP contribution in [0.2, 0.25) is 0 Å². The quantitative estimate of drug-likeness (QED) is 0.761. The topological polar surface area (TPSA) is 53.3 Å². The Kier molecular flexibility index (Phi) is 4.55. The highest BCUT2D eigenvalue weighted by Gasteiger charge is 2.25. The van der Waals surface area contributed by atoms with Gasteiger partial charge in [-0.05, 0) is 43.1 Å². The summed E-state index contributed by atoms with van der Waals surface area (Å²) in [6, 6.07) is 9.17. The van der Waals surface area contributed by atoms with Gasteiger partial charge in [0, 0.05) is 44.3 Å². The molecule has 110 valence electrons. The molecule has 2 heterocycles. The maximum atomic E-state index is 5.93. The Labute approximate surface area is 121 Å². The van der Waals surface area contributed by atoms with E-state index in [0.29, 0.717) is 11.8 Å². The molecule has 2 aliphatic rings. The summed E-state index contributed by atoms with van der Waals surface area (Å²) in [6.07, 6.45) is 1.20. The van der Waals surface area contributed by atoms with E-state index in [1.807, 2.05) is 0 Å². The highest BCUT2D eigenvalue weighted by molar-refractivity contribution is 5.48. The Bertz CT molecular complexity index is 411. The van der Waals surface area contributed by atoms with Crippen molar-refractivity contribution in [3.05, 3.63) is 29.8 Å². The number of nitrogens with two attached hydrogens (primary N) is 1. The minimum atomic E-state index is 0.575. The highest BCUT2D eigenvalue weighted by atomic mass is 15.2. The normalized spacial score (nSPS) is 27.6. The molecule has 20 heavy (non-hydrogen) atoms. The van der Waals surface area contributed by atoms with Crippen LogP contribution >= 0.6 is 0 Å². The van der Waals surface area contributed by atoms with Crippen LogP contribution in [-0.4, -0.2) is 45.8 Å². The molecule has 4 nitrogen and oxygen atoms in total. The largest absolute Gasteiger partial charge is 0.369 e. The number of nitrogens with one attached hydrogen (secondary N) is 2. The van der Waals surface area contributed by atoms with Crippen molar-refractivity contribution in [3.63, 3.8) is 0 Å². The summed E-state index contributed by atoms with van der Waals surface area (Å²) < 4.78 is 0. The van der Waals surface area contributed by atoms with Crippen molar-refractivity contribution in [1.29, 1.82) is 0 Å². The van der Waals surface area contributed by atoms with Crippen LogP contribution in [0.15, 0.2) is 24.3 Å². The van der Waals surface area contributed by atoms with Crippen molar-refractivity contribution >= 4 is 5.69 Å². The summed E-state index contributed by atoms with van der Waals surface area (Å²) in [5.74, 6) is 1.20. The molecule has 2 aliphatic heterocycles. The van der Waals surface area contributed by atoms with Crippen LogP contribution in [-0.2, 0) is 0 Å². The van der Waals surface area contributed by atoms with Crippen molar-refractivity contribution in [2.75, 3.05) is 50.7 Å². The smallest absolute Gasteiger partial charge is 0.0367 e. The molecule has 2 fully saturated rings. The molecule has 0 saturated carbocycles. The van der Waals surface area contributed by atoms with Gasteiger partial charge in [0.05, 0.1) is 0 Å². The number of piperazine rings is 1. The molecule has 2 saturated heterocycles. The predicted octanol–water partition coefficient (Wildman–Crippen LogP) is 0.748. The lowest BCUT2D eigenvalue weighted by Crippen LogP contribution is -2.43. The molecule has 1 aromatic carbocycles. The van der Waals surface area contributed by atoms with E-state index in [4.69, 9.17) is 5.73 Å². The number of hydrogen-bond acceptors (Lipinski definition) is 4. The van der Waals surface area contributed by atoms with E-state index >= 15 is 0 Å². The van der Waals surface area contributed by atoms with Gasteiger partial charge in [0.1, 0.15) is 0 Å². The summed E-state index contributed by atoms with van der Waals surface area (Å²) in [6.45, 7) is 7.36. The zero-order valence-electron chi connectivity index (χ0n) is 12.1. The molecule has 0 amide bonds. The number of anilines is 1. The molecule has 4 N–H and O–H groups in total. The van der Waals surface area contributed by atoms with E-state index in [2.05, 4.69) is 39.8 Å². The molecule has 0 bridgehead atoms. The zero-order valence-corrected chi connectivity index (χ0v) is 12.1. The number of nitrogens with zero attached hydrogens (tertiary/aromatic N) is 1. The van der Waals surface area contributed by atoms with Gasteiger partial charge in [-0.25, -0.2) is 0 Å². The molecular weight excluding hydrogens is 248 g/mol. The van der Waals surface area contributed by atoms with Gasteiger partial charge in [0.25, 0.3) is 0 Å². The molecule has 0 spiro atoms. The minimum absolute atomic E-state index is 0.575. The summed E-state index contributed by atoms with van der Waals surface area (Å²) in [7, 11) is 0. The second-order valence-corrected chi connectivity index (χ2v) is 5.92. The van der Waals surface area contributed by atoms with E-state index in [1.54, 1.807) is 0 Å². The molecule has 0 radical (unpaired) electrons. The van der Waals surface area contributed by atoms with Crippen molar-refractivity contribution in [2.24, 2.45) is 11.7 Å². The second kappa shape index (κ2) is 6.57. The third-order valence-electron chi connectivity index (χ3n) is 4.73. The second-order valence-electron chi connectivity index (χ2n) is 5.92. The summed E-state index contributed by atoms with van der Waals surface area (Å²) in [4.78, 5) is 2.46. The van der Waals surface area contributed by atoms with Gasteiger partial charge in [-0.2, -0.15) is 0 Å². The molecule has 1 aromatic rings. The molecular formula is C16H26N4. The summed E-state index contributed by atoms with van der Waals surface area (Å²) >= 11 is 0. The lowest BCUT2D eigenvalue weighted by molar-refractivity contribution is 0.331. The van der Waals surface area contributed by atoms with Crippen LogP contribution in [0.4, 0.5) is 5.69 Å². The Hall–Kier alpha value is -1.10. The number of rotatable bonds is 3. The van der Waals surface area contributed by atoms with Crippen molar-refractivity contribution in [2.45, 2.75) is 12.3 Å². The fourth-order valence-electron chi connectivity index (χ4n) is 3.44. The Morgan fingerprint density at radius 3 is 2.50 bits per heavy atom. The number of hydrogen-bond donors (Lipinski definition) is 3. The summed E-state index contributed by atoms with van der Waals surface area (Å²) in [5, 5.41) is 6.90. The third kappa shape index (κ3) is 2.97. The molecule has 2 atom stereocenters. The van der Waals surface area contributed by atoms with Crippen molar-refractivity contribution in [3.8, 4) is 0 Å². The van der Waals surface area contributed by atoms with Gasteiger partial charge in [-0.15, -0.1) is 0 Å². The van der Waals surface area contributed by atoms with Crippen LogP contribution in [0.3, 0.4) is 0 Å². The van der Waals surface area contributed by atoms with Crippen molar-refractivity contribution < 1.29 is 0 Å². The summed E-state index contributed by atoms with van der Waals surface area (Å²) in [5.41, 5.74) is 8.72. The minimum Gasteiger partial charge on any atom is -0.369 e. The van der Waals surface area contributed by atoms with E-state index < -0.39 is 0 Å². The molecule has 0 aromatic heterocycles. The lowest BCUT2D eigenvalue weighted by atomic mass is 9.81. The Morgan fingerprint density at radius 1 is 1.05 bits per heavy atom. The fraction of sp³-hybridized carbons (Fsp3) is 0.625. The fourth-order valence-corrected chi connectivity index (χ4v) is 3.44. The van der Waals surface area contributed by atoms with E-state index in [-0.39, 0.29) is 0 Å². The maximum absolute atomic E-state index is 5.93. The van der Waals surface area contributed by atoms with Gasteiger partial charge in [0.2, 0.25) is 0 Å². The molecule has 3 rings (SSSR count). The first-order valence-corrected chi connectivity index (χ1v) is 7.85. The van der Waals surface area contributed by atoms with Crippen LogP contribution < -0.4 is 21.3 Å². The average Bonchev–Trinajstić information content (AvgIpc) is 2.56. The Balaban J connectivity index is 1.71. The molecule has 4 heteroatoms. The first-order valence-electron chi connectivity index (χ1n) is 7.85. The molecule has 0 aliphatic carbocycles. The zero-order chi connectivity index (χ0) is 13.8.